The van der Waals surface area contributed by atoms with E-state index in [0.717, 1.165) is 18.2 Å². The van der Waals surface area contributed by atoms with Gasteiger partial charge in [-0.15, -0.1) is 0 Å². The average molecular weight is 483 g/mol. The summed E-state index contributed by atoms with van der Waals surface area (Å²) in [7, 11) is 1.60. The lowest BCUT2D eigenvalue weighted by molar-refractivity contribution is 0.216. The number of pyridine rings is 1. The van der Waals surface area contributed by atoms with Crippen molar-refractivity contribution in [3.8, 4) is 17.0 Å². The lowest BCUT2D eigenvalue weighted by Gasteiger charge is -2.36. The molecule has 0 spiro atoms. The molecule has 8 nitrogen and oxygen atoms in total. The van der Waals surface area contributed by atoms with Crippen molar-refractivity contribution in [3.05, 3.63) is 65.4 Å². The Balaban J connectivity index is 1.61. The van der Waals surface area contributed by atoms with E-state index in [4.69, 9.17) is 10.5 Å². The molecule has 3 heterocycles. The van der Waals surface area contributed by atoms with Crippen LogP contribution in [0.1, 0.15) is 37.4 Å². The monoisotopic (exact) mass is 482 g/mol. The van der Waals surface area contributed by atoms with Crippen LogP contribution >= 0.6 is 0 Å². The third-order valence-corrected chi connectivity index (χ3v) is 6.12. The first-order chi connectivity index (χ1) is 16.8. The number of hydrogen-bond donors (Lipinski definition) is 1. The van der Waals surface area contributed by atoms with Crippen molar-refractivity contribution in [1.29, 1.82) is 0 Å². The van der Waals surface area contributed by atoms with Crippen molar-refractivity contribution in [2.45, 2.75) is 39.3 Å². The van der Waals surface area contributed by atoms with Crippen LogP contribution in [-0.4, -0.2) is 52.1 Å². The second-order valence-electron chi connectivity index (χ2n) is 8.62. The Morgan fingerprint density at radius 1 is 1.23 bits per heavy atom. The second-order valence-corrected chi connectivity index (χ2v) is 8.62. The van der Waals surface area contributed by atoms with Gasteiger partial charge >= 0.3 is 6.03 Å². The summed E-state index contributed by atoms with van der Waals surface area (Å²) < 4.78 is 35.3. The highest BCUT2D eigenvalue weighted by Crippen LogP contribution is 2.39. The van der Waals surface area contributed by atoms with Crippen LogP contribution in [0.15, 0.2) is 36.7 Å². The molecule has 35 heavy (non-hydrogen) atoms. The van der Waals surface area contributed by atoms with Crippen molar-refractivity contribution in [2.24, 2.45) is 5.73 Å². The molecule has 0 saturated carbocycles. The van der Waals surface area contributed by atoms with E-state index in [1.807, 2.05) is 6.07 Å². The van der Waals surface area contributed by atoms with Gasteiger partial charge in [0.15, 0.2) is 17.4 Å². The van der Waals surface area contributed by atoms with Gasteiger partial charge in [0.05, 0.1) is 24.8 Å². The first-order valence-electron chi connectivity index (χ1n) is 11.5. The van der Waals surface area contributed by atoms with Gasteiger partial charge in [-0.1, -0.05) is 13.0 Å². The zero-order chi connectivity index (χ0) is 25.1. The molecule has 1 unspecified atom stereocenters. The van der Waals surface area contributed by atoms with E-state index in [0.29, 0.717) is 42.5 Å². The van der Waals surface area contributed by atoms with Gasteiger partial charge in [0.25, 0.3) is 0 Å². The van der Waals surface area contributed by atoms with E-state index in [1.165, 1.54) is 11.0 Å². The number of benzene rings is 1. The van der Waals surface area contributed by atoms with Crippen molar-refractivity contribution in [3.63, 3.8) is 0 Å². The van der Waals surface area contributed by atoms with E-state index in [9.17, 15) is 13.6 Å². The number of carbonyl (C=O) groups excluding carboxylic acids is 1. The molecule has 2 amide bonds. The molecule has 0 radical (unpaired) electrons. The zero-order valence-electron chi connectivity index (χ0n) is 20.0. The molecule has 0 aliphatic carbocycles. The normalized spacial score (nSPS) is 13.7. The molecule has 2 N–H and O–H groups in total. The number of amides is 2. The van der Waals surface area contributed by atoms with Gasteiger partial charge in [-0.05, 0) is 37.1 Å². The molecule has 1 aromatic carbocycles. The number of nitrogens with zero attached hydrogens (tertiary/aromatic N) is 5. The maximum absolute atomic E-state index is 15.0. The van der Waals surface area contributed by atoms with Gasteiger partial charge in [-0.25, -0.2) is 23.5 Å². The number of primary amides is 1. The molecule has 4 rings (SSSR count). The molecule has 1 atom stereocenters. The maximum Gasteiger partial charge on any atom is 0.314 e. The minimum absolute atomic E-state index is 0.0195. The van der Waals surface area contributed by atoms with Gasteiger partial charge in [-0.2, -0.15) is 0 Å². The van der Waals surface area contributed by atoms with Crippen molar-refractivity contribution in [1.82, 2.24) is 19.9 Å². The van der Waals surface area contributed by atoms with E-state index < -0.39 is 17.7 Å². The van der Waals surface area contributed by atoms with Crippen LogP contribution in [0.4, 0.5) is 19.3 Å². The Kier molecular flexibility index (Phi) is 7.09. The number of nitrogens with two attached hydrogens (primary N) is 1. The van der Waals surface area contributed by atoms with Gasteiger partial charge in [-0.3, -0.25) is 4.98 Å². The van der Waals surface area contributed by atoms with E-state index in [1.54, 1.807) is 25.4 Å². The van der Waals surface area contributed by atoms with Crippen LogP contribution in [0.3, 0.4) is 0 Å². The van der Waals surface area contributed by atoms with Crippen LogP contribution in [0.5, 0.6) is 5.75 Å². The van der Waals surface area contributed by atoms with Crippen molar-refractivity contribution in [2.75, 3.05) is 25.1 Å². The number of halogens is 2. The molecule has 1 aliphatic heterocycles. The summed E-state index contributed by atoms with van der Waals surface area (Å²) in [4.78, 5) is 27.5. The lowest BCUT2D eigenvalue weighted by Crippen LogP contribution is -2.39. The summed E-state index contributed by atoms with van der Waals surface area (Å²) >= 11 is 0. The van der Waals surface area contributed by atoms with E-state index >= 15 is 0 Å². The third-order valence-electron chi connectivity index (χ3n) is 6.12. The number of aromatic nitrogens is 3. The van der Waals surface area contributed by atoms with Gasteiger partial charge in [0.1, 0.15) is 18.1 Å². The molecule has 10 heteroatoms. The molecular formula is C25H28F2N6O2. The predicted octanol–water partition coefficient (Wildman–Crippen LogP) is 3.92. The molecule has 0 fully saturated rings. The Bertz CT molecular complexity index is 1220. The Hall–Kier alpha value is -3.82. The van der Waals surface area contributed by atoms with Crippen molar-refractivity contribution < 1.29 is 18.3 Å². The summed E-state index contributed by atoms with van der Waals surface area (Å²) in [5, 5.41) is 0. The summed E-state index contributed by atoms with van der Waals surface area (Å²) in [6.07, 6.45) is 3.87. The van der Waals surface area contributed by atoms with Gasteiger partial charge in [0, 0.05) is 37.1 Å². The number of fused-ring (bicyclic) bond motifs is 1. The SMILES string of the molecule is CCC(C)N1CCOc2c(F)cc(-c3nc(Cc4ccc(CN(C)C(N)=O)cn4)ncc3F)cc21. The smallest absolute Gasteiger partial charge is 0.314 e. The first-order valence-corrected chi connectivity index (χ1v) is 11.5. The summed E-state index contributed by atoms with van der Waals surface area (Å²) in [6, 6.07) is 6.23. The zero-order valence-corrected chi connectivity index (χ0v) is 20.0. The minimum Gasteiger partial charge on any atom is -0.486 e. The molecule has 0 bridgehead atoms. The summed E-state index contributed by atoms with van der Waals surface area (Å²) in [5.41, 5.74) is 7.67. The van der Waals surface area contributed by atoms with Crippen molar-refractivity contribution >= 4 is 11.7 Å². The molecule has 184 valence electrons. The maximum atomic E-state index is 15.0. The largest absolute Gasteiger partial charge is 0.486 e. The lowest BCUT2D eigenvalue weighted by atomic mass is 10.1. The molecule has 0 saturated heterocycles. The second kappa shape index (κ2) is 10.2. The number of urea groups is 1. The fraction of sp³-hybridized carbons (Fsp3) is 0.360. The number of rotatable bonds is 7. The first kappa shape index (κ1) is 24.3. The number of anilines is 1. The highest BCUT2D eigenvalue weighted by molar-refractivity contribution is 5.72. The molecule has 3 aromatic rings. The predicted molar refractivity (Wildman–Crippen MR) is 128 cm³/mol. The van der Waals surface area contributed by atoms with E-state index in [-0.39, 0.29) is 23.9 Å². The topological polar surface area (TPSA) is 97.5 Å². The minimum atomic E-state index is -0.641. The fourth-order valence-corrected chi connectivity index (χ4v) is 3.97. The van der Waals surface area contributed by atoms with Crippen LogP contribution in [0.25, 0.3) is 11.3 Å². The van der Waals surface area contributed by atoms with Crippen LogP contribution in [0, 0.1) is 11.6 Å². The standard InChI is InChI=1S/C25H28F2N6O2/c1-4-15(2)33-7-8-35-24-19(26)9-17(10-21(24)33)23-20(27)13-30-22(31-23)11-18-6-5-16(12-29-18)14-32(3)25(28)34/h5-6,9-10,12-13,15H,4,7-8,11,14H2,1-3H3,(H2,28,34). The van der Waals surface area contributed by atoms with E-state index in [2.05, 4.69) is 33.7 Å². The molecular weight excluding hydrogens is 454 g/mol. The number of hydrogen-bond acceptors (Lipinski definition) is 6. The highest BCUT2D eigenvalue weighted by Gasteiger charge is 2.26. The van der Waals surface area contributed by atoms with Gasteiger partial charge < -0.3 is 20.3 Å². The number of ether oxygens (including phenoxy) is 1. The molecule has 1 aliphatic rings. The Morgan fingerprint density at radius 3 is 2.71 bits per heavy atom. The Morgan fingerprint density at radius 2 is 2.03 bits per heavy atom. The van der Waals surface area contributed by atoms with Crippen LogP contribution < -0.4 is 15.4 Å². The van der Waals surface area contributed by atoms with Gasteiger partial charge in [0.2, 0.25) is 0 Å². The quantitative estimate of drug-likeness (QED) is 0.548. The Labute approximate surface area is 202 Å². The van der Waals surface area contributed by atoms with Crippen LogP contribution in [0.2, 0.25) is 0 Å². The fourth-order valence-electron chi connectivity index (χ4n) is 3.97. The summed E-state index contributed by atoms with van der Waals surface area (Å²) in [5.74, 6) is -0.661. The highest BCUT2D eigenvalue weighted by atomic mass is 19.1. The third kappa shape index (κ3) is 5.31. The average Bonchev–Trinajstić information content (AvgIpc) is 2.85. The molecule has 2 aromatic heterocycles. The summed E-state index contributed by atoms with van der Waals surface area (Å²) in [6.45, 7) is 5.48. The van der Waals surface area contributed by atoms with Crippen LogP contribution in [-0.2, 0) is 13.0 Å². The number of carbonyl (C=O) groups is 1.